The van der Waals surface area contributed by atoms with Crippen molar-refractivity contribution in [2.24, 2.45) is 5.73 Å². The second-order valence-electron chi connectivity index (χ2n) is 6.06. The summed E-state index contributed by atoms with van der Waals surface area (Å²) in [6.07, 6.45) is 3.04. The van der Waals surface area contributed by atoms with Gasteiger partial charge in [-0.25, -0.2) is 9.97 Å². The van der Waals surface area contributed by atoms with Crippen LogP contribution in [0.25, 0.3) is 11.1 Å². The van der Waals surface area contributed by atoms with E-state index in [1.165, 1.54) is 31.3 Å². The first-order chi connectivity index (χ1) is 13.8. The molecule has 4 N–H and O–H groups in total. The third kappa shape index (κ3) is 6.09. The molecular formula is C19H22N6O4. The van der Waals surface area contributed by atoms with Crippen LogP contribution in [0.15, 0.2) is 36.7 Å². The minimum Gasteiger partial charge on any atom is -0.468 e. The molecule has 0 spiro atoms. The van der Waals surface area contributed by atoms with Gasteiger partial charge in [0.15, 0.2) is 0 Å². The first kappa shape index (κ1) is 21.5. The third-order valence-electron chi connectivity index (χ3n) is 4.04. The molecule has 0 saturated carbocycles. The van der Waals surface area contributed by atoms with Gasteiger partial charge in [0.05, 0.1) is 7.11 Å². The lowest BCUT2D eigenvalue weighted by Crippen LogP contribution is -2.40. The van der Waals surface area contributed by atoms with Gasteiger partial charge in [-0.1, -0.05) is 24.3 Å². The highest BCUT2D eigenvalue weighted by molar-refractivity contribution is 5.95. The molecule has 152 valence electrons. The number of carbonyl (C=O) groups excluding carboxylic acids is 3. The van der Waals surface area contributed by atoms with Crippen molar-refractivity contribution in [3.8, 4) is 11.1 Å². The molecule has 0 aliphatic carbocycles. The van der Waals surface area contributed by atoms with Crippen molar-refractivity contribution in [1.82, 2.24) is 20.2 Å². The summed E-state index contributed by atoms with van der Waals surface area (Å²) in [4.78, 5) is 44.4. The van der Waals surface area contributed by atoms with E-state index in [2.05, 4.69) is 20.0 Å². The van der Waals surface area contributed by atoms with Gasteiger partial charge in [-0.3, -0.25) is 19.8 Å². The van der Waals surface area contributed by atoms with Crippen LogP contribution in [-0.2, 0) is 14.3 Å². The molecule has 2 rings (SSSR count). The summed E-state index contributed by atoms with van der Waals surface area (Å²) in [5.74, 6) is -1.38. The Labute approximate surface area is 167 Å². The van der Waals surface area contributed by atoms with Crippen molar-refractivity contribution in [2.45, 2.75) is 6.92 Å². The van der Waals surface area contributed by atoms with Crippen molar-refractivity contribution < 1.29 is 19.1 Å². The van der Waals surface area contributed by atoms with E-state index in [9.17, 15) is 14.4 Å². The van der Waals surface area contributed by atoms with Gasteiger partial charge < -0.3 is 20.7 Å². The molecule has 0 fully saturated rings. The van der Waals surface area contributed by atoms with E-state index in [0.717, 1.165) is 5.56 Å². The van der Waals surface area contributed by atoms with E-state index in [4.69, 9.17) is 11.1 Å². The number of nitrogens with one attached hydrogen (secondary N) is 2. The molecule has 0 bridgehead atoms. The SMILES string of the molecule is COC(=O)CN(CCNC(=O)c1ncc(-c2ccc(C(=N)N)cc2)cn1)C(C)=O. The minimum atomic E-state index is -0.540. The molecule has 0 atom stereocenters. The molecule has 0 aliphatic heterocycles. The van der Waals surface area contributed by atoms with Crippen molar-refractivity contribution in [3.05, 3.63) is 48.0 Å². The van der Waals surface area contributed by atoms with Crippen LogP contribution in [0.2, 0.25) is 0 Å². The molecule has 2 amide bonds. The van der Waals surface area contributed by atoms with Crippen molar-refractivity contribution in [1.29, 1.82) is 5.41 Å². The number of hydrogen-bond donors (Lipinski definition) is 3. The fourth-order valence-corrected chi connectivity index (χ4v) is 2.39. The predicted molar refractivity (Wildman–Crippen MR) is 105 cm³/mol. The number of methoxy groups -OCH3 is 1. The third-order valence-corrected chi connectivity index (χ3v) is 4.04. The Morgan fingerprint density at radius 3 is 2.28 bits per heavy atom. The van der Waals surface area contributed by atoms with Gasteiger partial charge >= 0.3 is 5.97 Å². The highest BCUT2D eigenvalue weighted by Crippen LogP contribution is 2.18. The maximum atomic E-state index is 12.2. The molecule has 0 aliphatic rings. The van der Waals surface area contributed by atoms with E-state index in [0.29, 0.717) is 11.1 Å². The summed E-state index contributed by atoms with van der Waals surface area (Å²) in [6, 6.07) is 7.00. The molecule has 0 radical (unpaired) electrons. The lowest BCUT2D eigenvalue weighted by atomic mass is 10.1. The maximum Gasteiger partial charge on any atom is 0.325 e. The van der Waals surface area contributed by atoms with Gasteiger partial charge in [0, 0.05) is 43.5 Å². The fraction of sp³-hybridized carbons (Fsp3) is 0.263. The zero-order chi connectivity index (χ0) is 21.4. The number of nitrogen functional groups attached to an aromatic ring is 1. The first-order valence-electron chi connectivity index (χ1n) is 8.69. The Balaban J connectivity index is 1.93. The Kier molecular flexibility index (Phi) is 7.35. The number of hydrogen-bond acceptors (Lipinski definition) is 7. The number of amides is 2. The van der Waals surface area contributed by atoms with E-state index >= 15 is 0 Å². The molecule has 10 heteroatoms. The molecule has 10 nitrogen and oxygen atoms in total. The number of rotatable bonds is 8. The number of amidine groups is 1. The van der Waals surface area contributed by atoms with E-state index in [-0.39, 0.29) is 37.2 Å². The lowest BCUT2D eigenvalue weighted by Gasteiger charge is -2.19. The second-order valence-corrected chi connectivity index (χ2v) is 6.06. The summed E-state index contributed by atoms with van der Waals surface area (Å²) in [6.45, 7) is 1.43. The number of carbonyl (C=O) groups is 3. The number of esters is 1. The number of aromatic nitrogens is 2. The Morgan fingerprint density at radius 2 is 1.76 bits per heavy atom. The Hall–Kier alpha value is -3.82. The summed E-state index contributed by atoms with van der Waals surface area (Å²) in [5.41, 5.74) is 7.57. The van der Waals surface area contributed by atoms with Crippen LogP contribution in [0.3, 0.4) is 0 Å². The predicted octanol–water partition coefficient (Wildman–Crippen LogP) is 0.179. The first-order valence-corrected chi connectivity index (χ1v) is 8.69. The highest BCUT2D eigenvalue weighted by atomic mass is 16.5. The molecule has 29 heavy (non-hydrogen) atoms. The van der Waals surface area contributed by atoms with Gasteiger partial charge in [0.25, 0.3) is 5.91 Å². The zero-order valence-electron chi connectivity index (χ0n) is 16.1. The number of ether oxygens (including phenoxy) is 1. The highest BCUT2D eigenvalue weighted by Gasteiger charge is 2.15. The van der Waals surface area contributed by atoms with Crippen molar-refractivity contribution in [2.75, 3.05) is 26.7 Å². The topological polar surface area (TPSA) is 151 Å². The molecule has 1 heterocycles. The summed E-state index contributed by atoms with van der Waals surface area (Å²) < 4.78 is 4.54. The van der Waals surface area contributed by atoms with Crippen LogP contribution >= 0.6 is 0 Å². The largest absolute Gasteiger partial charge is 0.468 e. The van der Waals surface area contributed by atoms with E-state index in [1.54, 1.807) is 24.3 Å². The normalized spacial score (nSPS) is 10.1. The molecular weight excluding hydrogens is 376 g/mol. The van der Waals surface area contributed by atoms with Gasteiger partial charge in [-0.2, -0.15) is 0 Å². The average Bonchev–Trinajstić information content (AvgIpc) is 2.72. The van der Waals surface area contributed by atoms with Gasteiger partial charge in [0.2, 0.25) is 11.7 Å². The van der Waals surface area contributed by atoms with Gasteiger partial charge in [0.1, 0.15) is 12.4 Å². The minimum absolute atomic E-state index is 0.0172. The second kappa shape index (κ2) is 9.93. The van der Waals surface area contributed by atoms with Gasteiger partial charge in [-0.05, 0) is 5.56 Å². The maximum absolute atomic E-state index is 12.2. The Morgan fingerprint density at radius 1 is 1.14 bits per heavy atom. The Bertz CT molecular complexity index is 896. The average molecular weight is 398 g/mol. The van der Waals surface area contributed by atoms with Crippen LogP contribution in [0, 0.1) is 5.41 Å². The van der Waals surface area contributed by atoms with Crippen LogP contribution in [-0.4, -0.2) is 65.2 Å². The van der Waals surface area contributed by atoms with Crippen molar-refractivity contribution in [3.63, 3.8) is 0 Å². The number of nitrogens with two attached hydrogens (primary N) is 1. The smallest absolute Gasteiger partial charge is 0.325 e. The zero-order valence-corrected chi connectivity index (χ0v) is 16.1. The fourth-order valence-electron chi connectivity index (χ4n) is 2.39. The van der Waals surface area contributed by atoms with Gasteiger partial charge in [-0.15, -0.1) is 0 Å². The monoisotopic (exact) mass is 398 g/mol. The number of nitrogens with zero attached hydrogens (tertiary/aromatic N) is 3. The van der Waals surface area contributed by atoms with E-state index in [1.807, 2.05) is 0 Å². The molecule has 0 saturated heterocycles. The quantitative estimate of drug-likeness (QED) is 0.326. The van der Waals surface area contributed by atoms with Crippen LogP contribution < -0.4 is 11.1 Å². The van der Waals surface area contributed by atoms with Crippen molar-refractivity contribution >= 4 is 23.6 Å². The summed E-state index contributed by atoms with van der Waals surface area (Å²) in [7, 11) is 1.24. The van der Waals surface area contributed by atoms with Crippen LogP contribution in [0.1, 0.15) is 23.1 Å². The number of benzene rings is 1. The molecule has 0 unspecified atom stereocenters. The molecule has 1 aromatic carbocycles. The molecule has 2 aromatic rings. The lowest BCUT2D eigenvalue weighted by molar-refractivity contribution is -0.146. The van der Waals surface area contributed by atoms with Crippen LogP contribution in [0.4, 0.5) is 0 Å². The van der Waals surface area contributed by atoms with E-state index < -0.39 is 11.9 Å². The standard InChI is InChI=1S/C19H22N6O4/c1-12(26)25(11-16(27)29-2)8-7-22-19(28)18-23-9-15(10-24-18)13-3-5-14(6-4-13)17(20)21/h3-6,9-10H,7-8,11H2,1-2H3,(H3,20,21)(H,22,28). The molecule has 1 aromatic heterocycles. The van der Waals surface area contributed by atoms with Crippen LogP contribution in [0.5, 0.6) is 0 Å². The summed E-state index contributed by atoms with van der Waals surface area (Å²) >= 11 is 0. The summed E-state index contributed by atoms with van der Waals surface area (Å²) in [5, 5.41) is 10.0.